The van der Waals surface area contributed by atoms with Gasteiger partial charge in [-0.1, -0.05) is 12.8 Å². The summed E-state index contributed by atoms with van der Waals surface area (Å²) in [6, 6.07) is 0. The van der Waals surface area contributed by atoms with Crippen molar-refractivity contribution in [2.24, 2.45) is 11.3 Å². The maximum absolute atomic E-state index is 11.4. The van der Waals surface area contributed by atoms with Crippen LogP contribution in [0.2, 0.25) is 0 Å². The Labute approximate surface area is 94.8 Å². The van der Waals surface area contributed by atoms with Gasteiger partial charge in [-0.2, -0.15) is 0 Å². The minimum atomic E-state index is -1.12. The molecule has 16 heavy (non-hydrogen) atoms. The first kappa shape index (κ1) is 13.0. The second kappa shape index (κ2) is 5.30. The highest BCUT2D eigenvalue weighted by Crippen LogP contribution is 2.36. The summed E-state index contributed by atoms with van der Waals surface area (Å²) in [5.74, 6) is -2.63. The molecule has 1 atom stereocenters. The number of aliphatic hydroxyl groups excluding tert-OH is 1. The molecule has 5 nitrogen and oxygen atoms in total. The molecule has 0 saturated heterocycles. The van der Waals surface area contributed by atoms with Crippen LogP contribution in [-0.2, 0) is 9.59 Å². The Kier molecular flexibility index (Phi) is 4.29. The largest absolute Gasteiger partial charge is 0.481 e. The molecule has 0 spiro atoms. The quantitative estimate of drug-likeness (QED) is 0.595. The van der Waals surface area contributed by atoms with E-state index in [1.165, 1.54) is 6.92 Å². The zero-order valence-electron chi connectivity index (χ0n) is 9.53. The van der Waals surface area contributed by atoms with Crippen LogP contribution in [-0.4, -0.2) is 35.2 Å². The topological polar surface area (TPSA) is 86.6 Å². The highest BCUT2D eigenvalue weighted by Gasteiger charge is 2.34. The number of aliphatic hydroxyl groups is 1. The monoisotopic (exact) mass is 229 g/mol. The van der Waals surface area contributed by atoms with E-state index in [9.17, 15) is 14.7 Å². The van der Waals surface area contributed by atoms with Crippen LogP contribution in [0, 0.1) is 11.3 Å². The Morgan fingerprint density at radius 2 is 1.94 bits per heavy atom. The molecular weight excluding hydrogens is 210 g/mol. The van der Waals surface area contributed by atoms with E-state index in [2.05, 4.69) is 5.32 Å². The van der Waals surface area contributed by atoms with Gasteiger partial charge in [0, 0.05) is 12.0 Å². The van der Waals surface area contributed by atoms with Crippen LogP contribution >= 0.6 is 0 Å². The van der Waals surface area contributed by atoms with Crippen molar-refractivity contribution < 1.29 is 19.8 Å². The van der Waals surface area contributed by atoms with Gasteiger partial charge in [0.2, 0.25) is 5.91 Å². The molecule has 0 bridgehead atoms. The Balaban J connectivity index is 2.44. The Bertz CT molecular complexity index is 271. The first-order valence-electron chi connectivity index (χ1n) is 5.62. The van der Waals surface area contributed by atoms with Crippen molar-refractivity contribution in [2.75, 3.05) is 13.2 Å². The van der Waals surface area contributed by atoms with E-state index in [-0.39, 0.29) is 12.0 Å². The minimum absolute atomic E-state index is 0.0503. The first-order chi connectivity index (χ1) is 7.51. The second-order valence-corrected chi connectivity index (χ2v) is 4.64. The van der Waals surface area contributed by atoms with Gasteiger partial charge in [-0.15, -0.1) is 0 Å². The number of carbonyl (C=O) groups is 2. The molecule has 3 N–H and O–H groups in total. The van der Waals surface area contributed by atoms with E-state index in [4.69, 9.17) is 5.11 Å². The zero-order valence-corrected chi connectivity index (χ0v) is 9.53. The third kappa shape index (κ3) is 2.95. The lowest BCUT2D eigenvalue weighted by molar-refractivity contribution is -0.146. The molecule has 1 unspecified atom stereocenters. The average molecular weight is 229 g/mol. The third-order valence-electron chi connectivity index (χ3n) is 3.40. The number of carbonyl (C=O) groups excluding carboxylic acids is 1. The summed E-state index contributed by atoms with van der Waals surface area (Å²) in [6.07, 6.45) is 3.91. The van der Waals surface area contributed by atoms with Gasteiger partial charge < -0.3 is 15.5 Å². The highest BCUT2D eigenvalue weighted by molar-refractivity contribution is 5.96. The van der Waals surface area contributed by atoms with E-state index in [1.54, 1.807) is 0 Å². The summed E-state index contributed by atoms with van der Waals surface area (Å²) < 4.78 is 0. The molecule has 0 heterocycles. The van der Waals surface area contributed by atoms with Gasteiger partial charge in [-0.3, -0.25) is 9.59 Å². The summed E-state index contributed by atoms with van der Waals surface area (Å²) in [5.41, 5.74) is -0.228. The van der Waals surface area contributed by atoms with Crippen LogP contribution in [0.5, 0.6) is 0 Å². The van der Waals surface area contributed by atoms with Crippen LogP contribution in [0.1, 0.15) is 32.6 Å². The molecule has 1 saturated carbocycles. The van der Waals surface area contributed by atoms with Gasteiger partial charge in [0.1, 0.15) is 5.92 Å². The third-order valence-corrected chi connectivity index (χ3v) is 3.40. The van der Waals surface area contributed by atoms with Crippen LogP contribution in [0.25, 0.3) is 0 Å². The number of nitrogens with one attached hydrogen (secondary N) is 1. The average Bonchev–Trinajstić information content (AvgIpc) is 2.74. The Morgan fingerprint density at radius 3 is 2.38 bits per heavy atom. The van der Waals surface area contributed by atoms with Crippen molar-refractivity contribution in [2.45, 2.75) is 32.6 Å². The Hall–Kier alpha value is -1.10. The lowest BCUT2D eigenvalue weighted by atomic mass is 9.87. The van der Waals surface area contributed by atoms with E-state index >= 15 is 0 Å². The first-order valence-corrected chi connectivity index (χ1v) is 5.62. The number of aliphatic carboxylic acids is 1. The van der Waals surface area contributed by atoms with Crippen LogP contribution < -0.4 is 5.32 Å². The molecule has 1 aliphatic rings. The number of carboxylic acid groups (broad SMARTS) is 1. The summed E-state index contributed by atoms with van der Waals surface area (Å²) in [6.45, 7) is 1.78. The standard InChI is InChI=1S/C11H19NO4/c1-8(10(15)16)9(14)12-6-11(7-13)4-2-3-5-11/h8,13H,2-7H2,1H3,(H,12,14)(H,15,16). The number of hydrogen-bond donors (Lipinski definition) is 3. The summed E-state index contributed by atoms with van der Waals surface area (Å²) >= 11 is 0. The smallest absolute Gasteiger partial charge is 0.315 e. The van der Waals surface area contributed by atoms with Crippen molar-refractivity contribution in [1.29, 1.82) is 0 Å². The van der Waals surface area contributed by atoms with E-state index in [0.29, 0.717) is 6.54 Å². The van der Waals surface area contributed by atoms with Crippen molar-refractivity contribution in [3.8, 4) is 0 Å². The molecule has 0 aromatic heterocycles. The van der Waals surface area contributed by atoms with Gasteiger partial charge in [-0.25, -0.2) is 0 Å². The number of carboxylic acids is 1. The molecule has 0 aromatic carbocycles. The predicted octanol–water partition coefficient (Wildman–Crippen LogP) is 0.376. The fraction of sp³-hybridized carbons (Fsp3) is 0.818. The second-order valence-electron chi connectivity index (χ2n) is 4.64. The molecule has 1 aliphatic carbocycles. The van der Waals surface area contributed by atoms with Crippen LogP contribution in [0.4, 0.5) is 0 Å². The van der Waals surface area contributed by atoms with Gasteiger partial charge in [0.05, 0.1) is 6.61 Å². The van der Waals surface area contributed by atoms with Crippen molar-refractivity contribution in [3.63, 3.8) is 0 Å². The predicted molar refractivity (Wildman–Crippen MR) is 57.8 cm³/mol. The van der Waals surface area contributed by atoms with E-state index < -0.39 is 17.8 Å². The minimum Gasteiger partial charge on any atom is -0.481 e. The van der Waals surface area contributed by atoms with Crippen LogP contribution in [0.3, 0.4) is 0 Å². The van der Waals surface area contributed by atoms with Gasteiger partial charge in [0.15, 0.2) is 0 Å². The number of amides is 1. The summed E-state index contributed by atoms with van der Waals surface area (Å²) in [5, 5.41) is 20.6. The molecular formula is C11H19NO4. The van der Waals surface area contributed by atoms with Crippen molar-refractivity contribution in [1.82, 2.24) is 5.32 Å². The van der Waals surface area contributed by atoms with Gasteiger partial charge in [0.25, 0.3) is 0 Å². The SMILES string of the molecule is CC(C(=O)O)C(=O)NCC1(CO)CCCC1. The number of rotatable bonds is 5. The fourth-order valence-electron chi connectivity index (χ4n) is 2.06. The highest BCUT2D eigenvalue weighted by atomic mass is 16.4. The zero-order chi connectivity index (χ0) is 12.2. The number of hydrogen-bond acceptors (Lipinski definition) is 3. The fourth-order valence-corrected chi connectivity index (χ4v) is 2.06. The molecule has 1 rings (SSSR count). The molecule has 0 aliphatic heterocycles. The lowest BCUT2D eigenvalue weighted by Crippen LogP contribution is -2.41. The van der Waals surface area contributed by atoms with Gasteiger partial charge in [-0.05, 0) is 19.8 Å². The molecule has 5 heteroatoms. The molecule has 1 amide bonds. The summed E-state index contributed by atoms with van der Waals surface area (Å²) in [4.78, 5) is 22.0. The normalized spacial score (nSPS) is 20.4. The van der Waals surface area contributed by atoms with Crippen LogP contribution in [0.15, 0.2) is 0 Å². The van der Waals surface area contributed by atoms with E-state index in [1.807, 2.05) is 0 Å². The maximum Gasteiger partial charge on any atom is 0.315 e. The van der Waals surface area contributed by atoms with E-state index in [0.717, 1.165) is 25.7 Å². The molecule has 92 valence electrons. The molecule has 0 aromatic rings. The molecule has 1 fully saturated rings. The van der Waals surface area contributed by atoms with Crippen molar-refractivity contribution >= 4 is 11.9 Å². The Morgan fingerprint density at radius 1 is 1.38 bits per heavy atom. The van der Waals surface area contributed by atoms with Gasteiger partial charge >= 0.3 is 5.97 Å². The molecule has 0 radical (unpaired) electrons. The maximum atomic E-state index is 11.4. The lowest BCUT2D eigenvalue weighted by Gasteiger charge is -2.26. The summed E-state index contributed by atoms with van der Waals surface area (Å²) in [7, 11) is 0. The van der Waals surface area contributed by atoms with Crippen molar-refractivity contribution in [3.05, 3.63) is 0 Å².